The van der Waals surface area contributed by atoms with Gasteiger partial charge in [-0.2, -0.15) is 0 Å². The summed E-state index contributed by atoms with van der Waals surface area (Å²) in [5, 5.41) is 10.4. The molecule has 1 aromatic rings. The summed E-state index contributed by atoms with van der Waals surface area (Å²) < 4.78 is 0. The Labute approximate surface area is 117 Å². The minimum Gasteiger partial charge on any atom is -0.388 e. The van der Waals surface area contributed by atoms with Crippen LogP contribution in [0.25, 0.3) is 0 Å². The number of hydrogen-bond acceptors (Lipinski definition) is 4. The Hall–Kier alpha value is -1.33. The number of rotatable bonds is 2. The number of nitrogens with zero attached hydrogens (tertiary/aromatic N) is 2. The molecule has 1 amide bonds. The maximum Gasteiger partial charge on any atom is 0.255 e. The second-order valence-electron chi connectivity index (χ2n) is 5.40. The van der Waals surface area contributed by atoms with E-state index in [4.69, 9.17) is 17.3 Å². The highest BCUT2D eigenvalue weighted by Gasteiger charge is 2.38. The van der Waals surface area contributed by atoms with Gasteiger partial charge in [0.1, 0.15) is 5.82 Å². The molecule has 2 rings (SSSR count). The summed E-state index contributed by atoms with van der Waals surface area (Å²) in [6.45, 7) is 4.07. The van der Waals surface area contributed by atoms with Crippen LogP contribution in [-0.2, 0) is 0 Å². The summed E-state index contributed by atoms with van der Waals surface area (Å²) in [6.07, 6.45) is 3.10. The fraction of sp³-hybridized carbons (Fsp3) is 0.538. The molecule has 1 aliphatic rings. The van der Waals surface area contributed by atoms with Gasteiger partial charge < -0.3 is 15.7 Å². The first-order valence-corrected chi connectivity index (χ1v) is 6.63. The van der Waals surface area contributed by atoms with Crippen LogP contribution in [0, 0.1) is 0 Å². The lowest BCUT2D eigenvalue weighted by molar-refractivity contribution is 0.000321. The standard InChI is InChI=1S/C13H18ClN3O2/c1-13(2,19)10-4-3-5-17(10)12(18)8-6-9(14)11(15)16-7-8/h6-7,10,19H,3-5H2,1-2H3,(H2,15,16). The Bertz CT molecular complexity index is 499. The zero-order valence-electron chi connectivity index (χ0n) is 11.1. The molecule has 6 heteroatoms. The number of carbonyl (C=O) groups excluding carboxylic acids is 1. The fourth-order valence-corrected chi connectivity index (χ4v) is 2.64. The number of likely N-dealkylation sites (tertiary alicyclic amines) is 1. The van der Waals surface area contributed by atoms with E-state index in [0.717, 1.165) is 12.8 Å². The predicted octanol–water partition coefficient (Wildman–Crippen LogP) is 1.69. The van der Waals surface area contributed by atoms with Crippen molar-refractivity contribution in [3.05, 3.63) is 22.8 Å². The quantitative estimate of drug-likeness (QED) is 0.866. The Morgan fingerprint density at radius 3 is 2.89 bits per heavy atom. The van der Waals surface area contributed by atoms with Crippen molar-refractivity contribution >= 4 is 23.3 Å². The third kappa shape index (κ3) is 2.82. The lowest BCUT2D eigenvalue weighted by Crippen LogP contribution is -2.48. The van der Waals surface area contributed by atoms with Crippen LogP contribution in [0.4, 0.5) is 5.82 Å². The van der Waals surface area contributed by atoms with Crippen molar-refractivity contribution < 1.29 is 9.90 Å². The van der Waals surface area contributed by atoms with E-state index in [1.165, 1.54) is 12.3 Å². The molecule has 19 heavy (non-hydrogen) atoms. The van der Waals surface area contributed by atoms with Crippen LogP contribution in [0.2, 0.25) is 5.02 Å². The minimum absolute atomic E-state index is 0.168. The molecule has 5 nitrogen and oxygen atoms in total. The van der Waals surface area contributed by atoms with E-state index in [2.05, 4.69) is 4.98 Å². The number of aromatic nitrogens is 1. The SMILES string of the molecule is CC(C)(O)C1CCCN1C(=O)c1cnc(N)c(Cl)c1. The van der Waals surface area contributed by atoms with Crippen LogP contribution in [0.3, 0.4) is 0 Å². The fourth-order valence-electron chi connectivity index (χ4n) is 2.48. The number of nitrogen functional groups attached to an aromatic ring is 1. The maximum absolute atomic E-state index is 12.4. The summed E-state index contributed by atoms with van der Waals surface area (Å²) in [5.41, 5.74) is 5.01. The van der Waals surface area contributed by atoms with Gasteiger partial charge in [-0.05, 0) is 32.8 Å². The summed E-state index contributed by atoms with van der Waals surface area (Å²) >= 11 is 5.88. The Balaban J connectivity index is 2.26. The summed E-state index contributed by atoms with van der Waals surface area (Å²) in [6, 6.07) is 1.34. The van der Waals surface area contributed by atoms with E-state index in [-0.39, 0.29) is 22.8 Å². The van der Waals surface area contributed by atoms with Crippen LogP contribution in [0.5, 0.6) is 0 Å². The van der Waals surface area contributed by atoms with Crippen molar-refractivity contribution in [2.45, 2.75) is 38.3 Å². The molecule has 1 fully saturated rings. The molecule has 1 saturated heterocycles. The molecule has 3 N–H and O–H groups in total. The molecule has 2 heterocycles. The summed E-state index contributed by atoms with van der Waals surface area (Å²) in [4.78, 5) is 18.0. The Kier molecular flexibility index (Phi) is 3.69. The van der Waals surface area contributed by atoms with Gasteiger partial charge in [-0.3, -0.25) is 4.79 Å². The van der Waals surface area contributed by atoms with Gasteiger partial charge in [0.25, 0.3) is 5.91 Å². The molecule has 0 spiro atoms. The van der Waals surface area contributed by atoms with E-state index >= 15 is 0 Å². The number of hydrogen-bond donors (Lipinski definition) is 2. The first-order chi connectivity index (χ1) is 8.80. The van der Waals surface area contributed by atoms with Crippen molar-refractivity contribution in [2.24, 2.45) is 0 Å². The van der Waals surface area contributed by atoms with E-state index < -0.39 is 5.60 Å². The number of pyridine rings is 1. The second kappa shape index (κ2) is 4.98. The average Bonchev–Trinajstić information content (AvgIpc) is 2.80. The zero-order chi connectivity index (χ0) is 14.2. The molecule has 1 unspecified atom stereocenters. The average molecular weight is 284 g/mol. The van der Waals surface area contributed by atoms with Crippen molar-refractivity contribution in [1.29, 1.82) is 0 Å². The number of nitrogens with two attached hydrogens (primary N) is 1. The first kappa shape index (κ1) is 14.1. The number of halogens is 1. The lowest BCUT2D eigenvalue weighted by atomic mass is 9.96. The number of carbonyl (C=O) groups is 1. The predicted molar refractivity (Wildman–Crippen MR) is 74.0 cm³/mol. The van der Waals surface area contributed by atoms with Crippen molar-refractivity contribution in [3.8, 4) is 0 Å². The summed E-state index contributed by atoms with van der Waals surface area (Å²) in [7, 11) is 0. The molecular weight excluding hydrogens is 266 g/mol. The first-order valence-electron chi connectivity index (χ1n) is 6.25. The van der Waals surface area contributed by atoms with Gasteiger partial charge in [-0.1, -0.05) is 11.6 Å². The molecule has 0 saturated carbocycles. The molecule has 1 atom stereocenters. The van der Waals surface area contributed by atoms with Gasteiger partial charge in [0.2, 0.25) is 0 Å². The van der Waals surface area contributed by atoms with E-state index in [1.807, 2.05) is 0 Å². The highest BCUT2D eigenvalue weighted by atomic mass is 35.5. The number of anilines is 1. The highest BCUT2D eigenvalue weighted by Crippen LogP contribution is 2.28. The van der Waals surface area contributed by atoms with Gasteiger partial charge in [0, 0.05) is 12.7 Å². The monoisotopic (exact) mass is 283 g/mol. The summed E-state index contributed by atoms with van der Waals surface area (Å²) in [5.74, 6) is 0.0395. The van der Waals surface area contributed by atoms with Gasteiger partial charge in [0.15, 0.2) is 0 Å². The Morgan fingerprint density at radius 2 is 2.32 bits per heavy atom. The third-order valence-electron chi connectivity index (χ3n) is 3.45. The molecule has 0 radical (unpaired) electrons. The zero-order valence-corrected chi connectivity index (χ0v) is 11.8. The van der Waals surface area contributed by atoms with Gasteiger partial charge in [-0.15, -0.1) is 0 Å². The second-order valence-corrected chi connectivity index (χ2v) is 5.81. The van der Waals surface area contributed by atoms with Crippen LogP contribution in [0.15, 0.2) is 12.3 Å². The molecule has 1 aromatic heterocycles. The molecule has 0 aliphatic carbocycles. The lowest BCUT2D eigenvalue weighted by Gasteiger charge is -2.33. The molecule has 104 valence electrons. The van der Waals surface area contributed by atoms with Crippen LogP contribution in [-0.4, -0.2) is 39.1 Å². The van der Waals surface area contributed by atoms with E-state index in [1.54, 1.807) is 18.7 Å². The van der Waals surface area contributed by atoms with Gasteiger partial charge >= 0.3 is 0 Å². The number of amides is 1. The third-order valence-corrected chi connectivity index (χ3v) is 3.75. The largest absolute Gasteiger partial charge is 0.388 e. The van der Waals surface area contributed by atoms with Crippen LogP contribution >= 0.6 is 11.6 Å². The van der Waals surface area contributed by atoms with Gasteiger partial charge in [0.05, 0.1) is 22.2 Å². The van der Waals surface area contributed by atoms with E-state index in [9.17, 15) is 9.90 Å². The maximum atomic E-state index is 12.4. The molecule has 0 bridgehead atoms. The van der Waals surface area contributed by atoms with Crippen LogP contribution < -0.4 is 5.73 Å². The van der Waals surface area contributed by atoms with Crippen molar-refractivity contribution in [1.82, 2.24) is 9.88 Å². The van der Waals surface area contributed by atoms with Crippen LogP contribution in [0.1, 0.15) is 37.0 Å². The molecule has 0 aromatic carbocycles. The Morgan fingerprint density at radius 1 is 1.63 bits per heavy atom. The van der Waals surface area contributed by atoms with Gasteiger partial charge in [-0.25, -0.2) is 4.98 Å². The topological polar surface area (TPSA) is 79.5 Å². The smallest absolute Gasteiger partial charge is 0.255 e. The minimum atomic E-state index is -0.919. The van der Waals surface area contributed by atoms with E-state index in [0.29, 0.717) is 12.1 Å². The van der Waals surface area contributed by atoms with Crippen molar-refractivity contribution in [3.63, 3.8) is 0 Å². The highest BCUT2D eigenvalue weighted by molar-refractivity contribution is 6.33. The normalized spacial score (nSPS) is 19.8. The molecule has 1 aliphatic heterocycles. The number of aliphatic hydroxyl groups is 1. The van der Waals surface area contributed by atoms with Crippen molar-refractivity contribution in [2.75, 3.05) is 12.3 Å². The molecular formula is C13H18ClN3O2.